The fourth-order valence-corrected chi connectivity index (χ4v) is 1.32. The minimum atomic E-state index is -0.438. The van der Waals surface area contributed by atoms with Crippen molar-refractivity contribution in [1.82, 2.24) is 10.3 Å². The first-order valence-corrected chi connectivity index (χ1v) is 4.41. The van der Waals surface area contributed by atoms with E-state index in [9.17, 15) is 5.11 Å². The summed E-state index contributed by atoms with van der Waals surface area (Å²) in [5.74, 6) is 0. The summed E-state index contributed by atoms with van der Waals surface area (Å²) in [6, 6.07) is 1.87. The van der Waals surface area contributed by atoms with E-state index in [4.69, 9.17) is 0 Å². The first-order valence-electron chi connectivity index (χ1n) is 4.41. The summed E-state index contributed by atoms with van der Waals surface area (Å²) in [6.07, 6.45) is 1.29. The molecule has 0 aliphatic carbocycles. The van der Waals surface area contributed by atoms with Crippen LogP contribution in [0.4, 0.5) is 0 Å². The van der Waals surface area contributed by atoms with Crippen LogP contribution in [0.2, 0.25) is 0 Å². The maximum absolute atomic E-state index is 9.74. The van der Waals surface area contributed by atoms with Crippen molar-refractivity contribution >= 4 is 0 Å². The largest absolute Gasteiger partial charge is 0.387 e. The lowest BCUT2D eigenvalue weighted by Crippen LogP contribution is -2.17. The lowest BCUT2D eigenvalue weighted by atomic mass is 10.0. The van der Waals surface area contributed by atoms with Crippen LogP contribution in [0.15, 0.2) is 12.3 Å². The van der Waals surface area contributed by atoms with Gasteiger partial charge in [-0.05, 0) is 38.1 Å². The van der Waals surface area contributed by atoms with Gasteiger partial charge in [0.15, 0.2) is 0 Å². The summed E-state index contributed by atoms with van der Waals surface area (Å²) in [5.41, 5.74) is 3.01. The van der Waals surface area contributed by atoms with E-state index < -0.39 is 6.10 Å². The van der Waals surface area contributed by atoms with Gasteiger partial charge in [-0.3, -0.25) is 4.98 Å². The number of nitrogens with zero attached hydrogens (tertiary/aromatic N) is 1. The highest BCUT2D eigenvalue weighted by molar-refractivity contribution is 5.29. The van der Waals surface area contributed by atoms with Crippen molar-refractivity contribution in [3.05, 3.63) is 29.1 Å². The van der Waals surface area contributed by atoms with Gasteiger partial charge in [-0.25, -0.2) is 0 Å². The summed E-state index contributed by atoms with van der Waals surface area (Å²) in [6.45, 7) is 4.51. The van der Waals surface area contributed by atoms with Crippen LogP contribution < -0.4 is 5.32 Å². The van der Waals surface area contributed by atoms with Gasteiger partial charge >= 0.3 is 0 Å². The molecule has 1 unspecified atom stereocenters. The van der Waals surface area contributed by atoms with Crippen LogP contribution >= 0.6 is 0 Å². The minimum absolute atomic E-state index is 0.438. The molecule has 0 aliphatic heterocycles. The van der Waals surface area contributed by atoms with Gasteiger partial charge in [0.25, 0.3) is 0 Å². The molecule has 13 heavy (non-hydrogen) atoms. The number of likely N-dealkylation sites (N-methyl/N-ethyl adjacent to an activating group) is 1. The molecule has 0 spiro atoms. The van der Waals surface area contributed by atoms with Gasteiger partial charge < -0.3 is 10.4 Å². The Bertz CT molecular complexity index is 286. The molecule has 3 nitrogen and oxygen atoms in total. The average Bonchev–Trinajstić information content (AvgIpc) is 2.10. The maximum atomic E-state index is 9.74. The molecule has 1 atom stereocenters. The van der Waals surface area contributed by atoms with Crippen molar-refractivity contribution in [2.45, 2.75) is 20.0 Å². The molecule has 0 aliphatic rings. The highest BCUT2D eigenvalue weighted by Crippen LogP contribution is 2.17. The average molecular weight is 180 g/mol. The van der Waals surface area contributed by atoms with Gasteiger partial charge in [0, 0.05) is 18.4 Å². The summed E-state index contributed by atoms with van der Waals surface area (Å²) in [5, 5.41) is 12.7. The lowest BCUT2D eigenvalue weighted by Gasteiger charge is -2.13. The number of hydrogen-bond donors (Lipinski definition) is 2. The monoisotopic (exact) mass is 180 g/mol. The Labute approximate surface area is 78.8 Å². The quantitative estimate of drug-likeness (QED) is 0.728. The van der Waals surface area contributed by atoms with Crippen molar-refractivity contribution in [2.75, 3.05) is 13.6 Å². The molecular formula is C10H16N2O. The molecule has 0 fully saturated rings. The molecule has 1 heterocycles. The number of aliphatic hydroxyl groups excluding tert-OH is 1. The molecule has 0 saturated heterocycles. The van der Waals surface area contributed by atoms with Crippen molar-refractivity contribution in [1.29, 1.82) is 0 Å². The van der Waals surface area contributed by atoms with Crippen molar-refractivity contribution < 1.29 is 5.11 Å². The second-order valence-corrected chi connectivity index (χ2v) is 3.18. The van der Waals surface area contributed by atoms with E-state index in [1.54, 1.807) is 6.20 Å². The smallest absolute Gasteiger partial charge is 0.0918 e. The second-order valence-electron chi connectivity index (χ2n) is 3.18. The zero-order valence-corrected chi connectivity index (χ0v) is 8.33. The predicted molar refractivity (Wildman–Crippen MR) is 52.6 cm³/mol. The van der Waals surface area contributed by atoms with Crippen LogP contribution in [0.25, 0.3) is 0 Å². The third kappa shape index (κ3) is 2.26. The topological polar surface area (TPSA) is 45.1 Å². The Hall–Kier alpha value is -0.930. The molecule has 0 radical (unpaired) electrons. The van der Waals surface area contributed by atoms with E-state index in [0.717, 1.165) is 16.8 Å². The first kappa shape index (κ1) is 10.2. The van der Waals surface area contributed by atoms with E-state index in [-0.39, 0.29) is 0 Å². The van der Waals surface area contributed by atoms with E-state index in [0.29, 0.717) is 6.54 Å². The molecule has 0 amide bonds. The van der Waals surface area contributed by atoms with Crippen LogP contribution in [0.1, 0.15) is 22.9 Å². The van der Waals surface area contributed by atoms with Gasteiger partial charge in [0.05, 0.1) is 6.10 Å². The fourth-order valence-electron chi connectivity index (χ4n) is 1.32. The molecule has 3 heteroatoms. The Balaban J connectivity index is 2.93. The molecule has 2 N–H and O–H groups in total. The normalized spacial score (nSPS) is 12.9. The standard InChI is InChI=1S/C10H16N2O/c1-7-8(2)12-5-4-9(7)10(13)6-11-3/h4-5,10-11,13H,6H2,1-3H3. The Morgan fingerprint density at radius 2 is 2.23 bits per heavy atom. The summed E-state index contributed by atoms with van der Waals surface area (Å²) in [4.78, 5) is 4.15. The Morgan fingerprint density at radius 3 is 2.85 bits per heavy atom. The second kappa shape index (κ2) is 4.35. The first-order chi connectivity index (χ1) is 6.16. The minimum Gasteiger partial charge on any atom is -0.387 e. The molecule has 1 rings (SSSR count). The molecule has 1 aromatic rings. The van der Waals surface area contributed by atoms with Crippen LogP contribution in [0.5, 0.6) is 0 Å². The summed E-state index contributed by atoms with van der Waals surface area (Å²) < 4.78 is 0. The van der Waals surface area contributed by atoms with Crippen LogP contribution in [0.3, 0.4) is 0 Å². The van der Waals surface area contributed by atoms with E-state index in [1.165, 1.54) is 0 Å². The number of pyridine rings is 1. The van der Waals surface area contributed by atoms with Gasteiger partial charge in [0.2, 0.25) is 0 Å². The summed E-state index contributed by atoms with van der Waals surface area (Å²) in [7, 11) is 1.83. The maximum Gasteiger partial charge on any atom is 0.0918 e. The summed E-state index contributed by atoms with van der Waals surface area (Å²) >= 11 is 0. The zero-order chi connectivity index (χ0) is 9.84. The number of aromatic nitrogens is 1. The van der Waals surface area contributed by atoms with E-state index in [1.807, 2.05) is 27.0 Å². The number of hydrogen-bond acceptors (Lipinski definition) is 3. The number of aliphatic hydroxyl groups is 1. The number of rotatable bonds is 3. The van der Waals surface area contributed by atoms with E-state index in [2.05, 4.69) is 10.3 Å². The number of nitrogens with one attached hydrogen (secondary N) is 1. The van der Waals surface area contributed by atoms with Gasteiger partial charge in [-0.2, -0.15) is 0 Å². The molecule has 0 aromatic carbocycles. The highest BCUT2D eigenvalue weighted by Gasteiger charge is 2.10. The third-order valence-corrected chi connectivity index (χ3v) is 2.25. The van der Waals surface area contributed by atoms with Crippen molar-refractivity contribution in [2.24, 2.45) is 0 Å². The molecule has 72 valence electrons. The Morgan fingerprint density at radius 1 is 1.54 bits per heavy atom. The number of aryl methyl sites for hydroxylation is 1. The Kier molecular flexibility index (Phi) is 3.39. The predicted octanol–water partition coefficient (Wildman–Crippen LogP) is 0.951. The van der Waals surface area contributed by atoms with Gasteiger partial charge in [-0.1, -0.05) is 0 Å². The van der Waals surface area contributed by atoms with Gasteiger partial charge in [0.1, 0.15) is 0 Å². The fraction of sp³-hybridized carbons (Fsp3) is 0.500. The SMILES string of the molecule is CNCC(O)c1ccnc(C)c1C. The van der Waals surface area contributed by atoms with Gasteiger partial charge in [-0.15, -0.1) is 0 Å². The molecule has 0 saturated carbocycles. The molecule has 1 aromatic heterocycles. The molecule has 0 bridgehead atoms. The highest BCUT2D eigenvalue weighted by atomic mass is 16.3. The molecular weight excluding hydrogens is 164 g/mol. The third-order valence-electron chi connectivity index (χ3n) is 2.25. The van der Waals surface area contributed by atoms with Crippen LogP contribution in [0, 0.1) is 13.8 Å². The van der Waals surface area contributed by atoms with Crippen LogP contribution in [-0.2, 0) is 0 Å². The van der Waals surface area contributed by atoms with E-state index >= 15 is 0 Å². The zero-order valence-electron chi connectivity index (χ0n) is 8.33. The van der Waals surface area contributed by atoms with Crippen molar-refractivity contribution in [3.63, 3.8) is 0 Å². The lowest BCUT2D eigenvalue weighted by molar-refractivity contribution is 0.177. The van der Waals surface area contributed by atoms with Crippen LogP contribution in [-0.4, -0.2) is 23.7 Å². The van der Waals surface area contributed by atoms with Crippen molar-refractivity contribution in [3.8, 4) is 0 Å².